The molecule has 1 fully saturated rings. The lowest BCUT2D eigenvalue weighted by Crippen LogP contribution is -2.26. The fraction of sp³-hybridized carbons (Fsp3) is 0.727. The highest BCUT2D eigenvalue weighted by atomic mass is 15.1. The summed E-state index contributed by atoms with van der Waals surface area (Å²) < 4.78 is 0. The second kappa shape index (κ2) is 4.77. The zero-order chi connectivity index (χ0) is 10.7. The minimum absolute atomic E-state index is 0.747. The Morgan fingerprint density at radius 2 is 2.33 bits per heavy atom. The topological polar surface area (TPSA) is 44.0 Å². The average molecular weight is 208 g/mol. The molecule has 0 spiro atoms. The van der Waals surface area contributed by atoms with Gasteiger partial charge in [0.15, 0.2) is 0 Å². The fourth-order valence-corrected chi connectivity index (χ4v) is 1.58. The first kappa shape index (κ1) is 10.6. The van der Waals surface area contributed by atoms with E-state index >= 15 is 0 Å². The van der Waals surface area contributed by atoms with Gasteiger partial charge in [0.1, 0.15) is 0 Å². The molecule has 1 aliphatic rings. The van der Waals surface area contributed by atoms with Crippen LogP contribution in [0, 0.1) is 0 Å². The highest BCUT2D eigenvalue weighted by Crippen LogP contribution is 2.38. The van der Waals surface area contributed by atoms with Gasteiger partial charge in [-0.3, -0.25) is 5.10 Å². The van der Waals surface area contributed by atoms with Gasteiger partial charge in [-0.15, -0.1) is 0 Å². The van der Waals surface area contributed by atoms with Gasteiger partial charge >= 0.3 is 0 Å². The molecule has 1 aliphatic carbocycles. The normalized spacial score (nSPS) is 16.2. The zero-order valence-corrected chi connectivity index (χ0v) is 9.58. The maximum atomic E-state index is 4.32. The third kappa shape index (κ3) is 3.32. The maximum Gasteiger partial charge on any atom is 0.0656 e. The van der Waals surface area contributed by atoms with Crippen molar-refractivity contribution in [2.75, 3.05) is 27.2 Å². The summed E-state index contributed by atoms with van der Waals surface area (Å²) in [6.07, 6.45) is 2.64. The molecule has 4 heteroatoms. The second-order valence-electron chi connectivity index (χ2n) is 4.57. The van der Waals surface area contributed by atoms with Crippen molar-refractivity contribution in [1.29, 1.82) is 0 Å². The van der Waals surface area contributed by atoms with Crippen LogP contribution in [0.15, 0.2) is 6.07 Å². The summed E-state index contributed by atoms with van der Waals surface area (Å²) in [7, 11) is 4.17. The summed E-state index contributed by atoms with van der Waals surface area (Å²) in [5.41, 5.74) is 2.45. The molecule has 0 amide bonds. The number of rotatable bonds is 6. The predicted octanol–water partition coefficient (Wildman–Crippen LogP) is 0.938. The Balaban J connectivity index is 1.69. The van der Waals surface area contributed by atoms with Gasteiger partial charge in [0.25, 0.3) is 0 Å². The second-order valence-corrected chi connectivity index (χ2v) is 4.57. The number of hydrogen-bond acceptors (Lipinski definition) is 3. The molecule has 1 aromatic rings. The van der Waals surface area contributed by atoms with Gasteiger partial charge in [-0.05, 0) is 33.0 Å². The SMILES string of the molecule is CN(C)CCNCc1cc(C2CC2)n[nH]1. The van der Waals surface area contributed by atoms with Crippen molar-refractivity contribution in [2.24, 2.45) is 0 Å². The summed E-state index contributed by atoms with van der Waals surface area (Å²) in [6, 6.07) is 2.19. The van der Waals surface area contributed by atoms with Crippen molar-refractivity contribution in [3.8, 4) is 0 Å². The molecule has 4 nitrogen and oxygen atoms in total. The van der Waals surface area contributed by atoms with Crippen LogP contribution >= 0.6 is 0 Å². The lowest BCUT2D eigenvalue weighted by Gasteiger charge is -2.09. The largest absolute Gasteiger partial charge is 0.310 e. The van der Waals surface area contributed by atoms with E-state index in [2.05, 4.69) is 40.6 Å². The highest BCUT2D eigenvalue weighted by Gasteiger charge is 2.25. The Morgan fingerprint density at radius 1 is 1.53 bits per heavy atom. The van der Waals surface area contributed by atoms with Gasteiger partial charge < -0.3 is 10.2 Å². The third-order valence-electron chi connectivity index (χ3n) is 2.70. The van der Waals surface area contributed by atoms with Crippen molar-refractivity contribution in [1.82, 2.24) is 20.4 Å². The molecule has 0 saturated heterocycles. The Bertz CT molecular complexity index is 301. The number of aromatic nitrogens is 2. The molecule has 2 rings (SSSR count). The number of H-pyrrole nitrogens is 1. The minimum Gasteiger partial charge on any atom is -0.310 e. The van der Waals surface area contributed by atoms with Gasteiger partial charge in [-0.25, -0.2) is 0 Å². The Morgan fingerprint density at radius 3 is 3.00 bits per heavy atom. The Hall–Kier alpha value is -0.870. The average Bonchev–Trinajstić information content (AvgIpc) is 2.94. The molecule has 0 atom stereocenters. The lowest BCUT2D eigenvalue weighted by atomic mass is 10.2. The van der Waals surface area contributed by atoms with Crippen molar-refractivity contribution in [3.05, 3.63) is 17.5 Å². The van der Waals surface area contributed by atoms with Crippen LogP contribution in [0.5, 0.6) is 0 Å². The molecule has 1 heterocycles. The van der Waals surface area contributed by atoms with Crippen LogP contribution in [0.25, 0.3) is 0 Å². The van der Waals surface area contributed by atoms with E-state index in [-0.39, 0.29) is 0 Å². The number of hydrogen-bond donors (Lipinski definition) is 2. The van der Waals surface area contributed by atoms with Crippen LogP contribution in [0.4, 0.5) is 0 Å². The Kier molecular flexibility index (Phi) is 3.38. The summed E-state index contributed by atoms with van der Waals surface area (Å²) >= 11 is 0. The number of nitrogens with one attached hydrogen (secondary N) is 2. The van der Waals surface area contributed by atoms with Crippen molar-refractivity contribution in [3.63, 3.8) is 0 Å². The summed E-state index contributed by atoms with van der Waals surface area (Å²) in [5, 5.41) is 10.8. The Labute approximate surface area is 91.1 Å². The van der Waals surface area contributed by atoms with Gasteiger partial charge in [0.2, 0.25) is 0 Å². The molecule has 0 aromatic carbocycles. The fourth-order valence-electron chi connectivity index (χ4n) is 1.58. The summed E-state index contributed by atoms with van der Waals surface area (Å²) in [4.78, 5) is 2.18. The highest BCUT2D eigenvalue weighted by molar-refractivity contribution is 5.17. The molecule has 2 N–H and O–H groups in total. The lowest BCUT2D eigenvalue weighted by molar-refractivity contribution is 0.399. The number of nitrogens with zero attached hydrogens (tertiary/aromatic N) is 2. The van der Waals surface area contributed by atoms with Crippen molar-refractivity contribution >= 4 is 0 Å². The third-order valence-corrected chi connectivity index (χ3v) is 2.70. The van der Waals surface area contributed by atoms with E-state index in [4.69, 9.17) is 0 Å². The molecule has 0 aliphatic heterocycles. The smallest absolute Gasteiger partial charge is 0.0656 e. The molecular formula is C11H20N4. The summed E-state index contributed by atoms with van der Waals surface area (Å²) in [6.45, 7) is 2.99. The monoisotopic (exact) mass is 208 g/mol. The van der Waals surface area contributed by atoms with Crippen LogP contribution in [-0.2, 0) is 6.54 Å². The molecule has 0 radical (unpaired) electrons. The molecule has 84 valence electrons. The van der Waals surface area contributed by atoms with Crippen LogP contribution in [-0.4, -0.2) is 42.3 Å². The van der Waals surface area contributed by atoms with E-state index in [9.17, 15) is 0 Å². The van der Waals surface area contributed by atoms with Gasteiger partial charge in [0, 0.05) is 31.2 Å². The van der Waals surface area contributed by atoms with Gasteiger partial charge in [0.05, 0.1) is 5.69 Å². The van der Waals surface area contributed by atoms with Crippen LogP contribution in [0.2, 0.25) is 0 Å². The number of likely N-dealkylation sites (N-methyl/N-ethyl adjacent to an activating group) is 1. The molecule has 0 bridgehead atoms. The first-order chi connectivity index (χ1) is 7.25. The van der Waals surface area contributed by atoms with Crippen LogP contribution < -0.4 is 5.32 Å². The standard InChI is InChI=1S/C11H20N4/c1-15(2)6-5-12-8-10-7-11(14-13-10)9-3-4-9/h7,9,12H,3-6,8H2,1-2H3,(H,13,14). The van der Waals surface area contributed by atoms with E-state index in [1.807, 2.05) is 0 Å². The van der Waals surface area contributed by atoms with E-state index < -0.39 is 0 Å². The molecule has 0 unspecified atom stereocenters. The van der Waals surface area contributed by atoms with Crippen molar-refractivity contribution < 1.29 is 0 Å². The summed E-state index contributed by atoms with van der Waals surface area (Å²) in [5.74, 6) is 0.747. The van der Waals surface area contributed by atoms with Crippen LogP contribution in [0.1, 0.15) is 30.1 Å². The van der Waals surface area contributed by atoms with E-state index in [1.165, 1.54) is 24.2 Å². The predicted molar refractivity (Wildman–Crippen MR) is 60.8 cm³/mol. The molecule has 1 aromatic heterocycles. The first-order valence-corrected chi connectivity index (χ1v) is 5.65. The van der Waals surface area contributed by atoms with E-state index in [0.717, 1.165) is 25.6 Å². The minimum atomic E-state index is 0.747. The maximum absolute atomic E-state index is 4.32. The van der Waals surface area contributed by atoms with E-state index in [0.29, 0.717) is 0 Å². The van der Waals surface area contributed by atoms with Crippen molar-refractivity contribution in [2.45, 2.75) is 25.3 Å². The first-order valence-electron chi connectivity index (χ1n) is 5.65. The number of aromatic amines is 1. The van der Waals surface area contributed by atoms with Gasteiger partial charge in [-0.1, -0.05) is 0 Å². The van der Waals surface area contributed by atoms with Crippen LogP contribution in [0.3, 0.4) is 0 Å². The molecule has 1 saturated carbocycles. The molecule has 15 heavy (non-hydrogen) atoms. The van der Waals surface area contributed by atoms with E-state index in [1.54, 1.807) is 0 Å². The van der Waals surface area contributed by atoms with Gasteiger partial charge in [-0.2, -0.15) is 5.10 Å². The zero-order valence-electron chi connectivity index (χ0n) is 9.58. The quantitative estimate of drug-likeness (QED) is 0.684. The molecular weight excluding hydrogens is 188 g/mol.